The highest BCUT2D eigenvalue weighted by molar-refractivity contribution is 6.30. The number of ketones is 1. The van der Waals surface area contributed by atoms with Crippen molar-refractivity contribution in [2.24, 2.45) is 0 Å². The summed E-state index contributed by atoms with van der Waals surface area (Å²) in [6.45, 7) is 1.77. The third kappa shape index (κ3) is 3.93. The molecule has 6 heteroatoms. The van der Waals surface area contributed by atoms with Crippen LogP contribution in [-0.4, -0.2) is 18.9 Å². The minimum Gasteiger partial charge on any atom is -0.497 e. The maximum absolute atomic E-state index is 12.8. The number of esters is 1. The third-order valence-corrected chi connectivity index (χ3v) is 4.88. The molecule has 0 aromatic heterocycles. The summed E-state index contributed by atoms with van der Waals surface area (Å²) in [7, 11) is 1.58. The summed E-state index contributed by atoms with van der Waals surface area (Å²) in [5, 5.41) is 0.530. The molecule has 0 unspecified atom stereocenters. The fourth-order valence-electron chi connectivity index (χ4n) is 3.17. The standard InChI is InChI=1S/C24H17ClO5/c1-14-10-19(29-24(27)16-6-8-17(25)9-7-16)13-20-22(14)23(26)21(30-20)12-15-4-3-5-18(11-15)28-2/h3-13H,1-2H3/b21-12-. The summed E-state index contributed by atoms with van der Waals surface area (Å²) in [6, 6.07) is 16.9. The van der Waals surface area contributed by atoms with Crippen LogP contribution in [0.25, 0.3) is 6.08 Å². The predicted octanol–water partition coefficient (Wildman–Crippen LogP) is 5.49. The highest BCUT2D eigenvalue weighted by Crippen LogP contribution is 2.38. The molecule has 1 heterocycles. The van der Waals surface area contributed by atoms with E-state index in [0.717, 1.165) is 5.56 Å². The number of hydrogen-bond donors (Lipinski definition) is 0. The number of carbonyl (C=O) groups is 2. The van der Waals surface area contributed by atoms with Gasteiger partial charge in [-0.1, -0.05) is 23.7 Å². The molecule has 0 bridgehead atoms. The van der Waals surface area contributed by atoms with Crippen LogP contribution < -0.4 is 14.2 Å². The van der Waals surface area contributed by atoms with E-state index >= 15 is 0 Å². The number of rotatable bonds is 4. The first-order valence-electron chi connectivity index (χ1n) is 9.15. The van der Waals surface area contributed by atoms with Gasteiger partial charge in [-0.3, -0.25) is 4.79 Å². The van der Waals surface area contributed by atoms with Crippen LogP contribution in [0, 0.1) is 6.92 Å². The van der Waals surface area contributed by atoms with Crippen molar-refractivity contribution >= 4 is 29.4 Å². The Morgan fingerprint density at radius 1 is 1.03 bits per heavy atom. The van der Waals surface area contributed by atoms with Crippen molar-refractivity contribution in [2.45, 2.75) is 6.92 Å². The van der Waals surface area contributed by atoms with E-state index in [1.54, 1.807) is 62.6 Å². The van der Waals surface area contributed by atoms with Gasteiger partial charge in [-0.05, 0) is 66.6 Å². The molecule has 30 heavy (non-hydrogen) atoms. The van der Waals surface area contributed by atoms with Crippen molar-refractivity contribution in [1.29, 1.82) is 0 Å². The Hall–Kier alpha value is -3.57. The maximum atomic E-state index is 12.8. The molecule has 5 nitrogen and oxygen atoms in total. The molecule has 0 fully saturated rings. The molecule has 0 aliphatic carbocycles. The molecule has 1 aliphatic heterocycles. The Morgan fingerprint density at radius 2 is 1.80 bits per heavy atom. The zero-order valence-corrected chi connectivity index (χ0v) is 17.0. The second-order valence-corrected chi connectivity index (χ2v) is 7.16. The molecule has 3 aromatic carbocycles. The Morgan fingerprint density at radius 3 is 2.53 bits per heavy atom. The lowest BCUT2D eigenvalue weighted by Crippen LogP contribution is -2.08. The summed E-state index contributed by atoms with van der Waals surface area (Å²) in [5.41, 5.74) is 2.26. The SMILES string of the molecule is COc1cccc(/C=C2\Oc3cc(OC(=O)c4ccc(Cl)cc4)cc(C)c3C2=O)c1. The highest BCUT2D eigenvalue weighted by Gasteiger charge is 2.30. The monoisotopic (exact) mass is 420 g/mol. The number of hydrogen-bond acceptors (Lipinski definition) is 5. The average Bonchev–Trinajstić information content (AvgIpc) is 3.04. The minimum atomic E-state index is -0.525. The van der Waals surface area contributed by atoms with Crippen LogP contribution in [0.4, 0.5) is 0 Å². The quantitative estimate of drug-likeness (QED) is 0.317. The number of fused-ring (bicyclic) bond motifs is 1. The lowest BCUT2D eigenvalue weighted by atomic mass is 10.0. The number of benzene rings is 3. The molecule has 0 amide bonds. The Balaban J connectivity index is 1.60. The van der Waals surface area contributed by atoms with Gasteiger partial charge in [0.05, 0.1) is 18.2 Å². The first-order valence-corrected chi connectivity index (χ1v) is 9.53. The summed E-state index contributed by atoms with van der Waals surface area (Å²) in [6.07, 6.45) is 1.66. The van der Waals surface area contributed by atoms with Gasteiger partial charge in [-0.15, -0.1) is 0 Å². The van der Waals surface area contributed by atoms with E-state index < -0.39 is 5.97 Å². The van der Waals surface area contributed by atoms with Gasteiger partial charge in [0.15, 0.2) is 5.76 Å². The smallest absolute Gasteiger partial charge is 0.343 e. The van der Waals surface area contributed by atoms with E-state index in [1.807, 2.05) is 18.2 Å². The van der Waals surface area contributed by atoms with Gasteiger partial charge in [0, 0.05) is 11.1 Å². The van der Waals surface area contributed by atoms with Gasteiger partial charge in [-0.25, -0.2) is 4.79 Å². The van der Waals surface area contributed by atoms with Crippen molar-refractivity contribution < 1.29 is 23.8 Å². The van der Waals surface area contributed by atoms with Gasteiger partial charge in [-0.2, -0.15) is 0 Å². The molecule has 0 N–H and O–H groups in total. The van der Waals surface area contributed by atoms with E-state index in [-0.39, 0.29) is 11.5 Å². The van der Waals surface area contributed by atoms with Gasteiger partial charge < -0.3 is 14.2 Å². The van der Waals surface area contributed by atoms with E-state index in [4.69, 9.17) is 25.8 Å². The number of ether oxygens (including phenoxy) is 3. The number of aryl methyl sites for hydroxylation is 1. The van der Waals surface area contributed by atoms with Crippen LogP contribution in [0.2, 0.25) is 5.02 Å². The molecule has 0 saturated heterocycles. The molecular weight excluding hydrogens is 404 g/mol. The Bertz CT molecular complexity index is 1180. The molecule has 3 aromatic rings. The predicted molar refractivity (Wildman–Crippen MR) is 114 cm³/mol. The maximum Gasteiger partial charge on any atom is 0.343 e. The molecule has 150 valence electrons. The first kappa shape index (κ1) is 19.7. The van der Waals surface area contributed by atoms with Crippen molar-refractivity contribution in [3.63, 3.8) is 0 Å². The van der Waals surface area contributed by atoms with Crippen LogP contribution >= 0.6 is 11.6 Å². The van der Waals surface area contributed by atoms with Crippen LogP contribution in [0.3, 0.4) is 0 Å². The Labute approximate surface area is 178 Å². The van der Waals surface area contributed by atoms with Gasteiger partial charge in [0.25, 0.3) is 0 Å². The van der Waals surface area contributed by atoms with Crippen molar-refractivity contribution in [2.75, 3.05) is 7.11 Å². The second-order valence-electron chi connectivity index (χ2n) is 6.73. The fourth-order valence-corrected chi connectivity index (χ4v) is 3.30. The molecule has 1 aliphatic rings. The fraction of sp³-hybridized carbons (Fsp3) is 0.0833. The van der Waals surface area contributed by atoms with E-state index in [2.05, 4.69) is 0 Å². The van der Waals surface area contributed by atoms with E-state index in [9.17, 15) is 9.59 Å². The lowest BCUT2D eigenvalue weighted by Gasteiger charge is -2.08. The van der Waals surface area contributed by atoms with Crippen LogP contribution in [-0.2, 0) is 0 Å². The van der Waals surface area contributed by atoms with Crippen LogP contribution in [0.15, 0.2) is 66.4 Å². The Kier molecular flexibility index (Phi) is 5.29. The van der Waals surface area contributed by atoms with Crippen LogP contribution in [0.5, 0.6) is 17.2 Å². The van der Waals surface area contributed by atoms with E-state index in [0.29, 0.717) is 39.0 Å². The van der Waals surface area contributed by atoms with Gasteiger partial charge in [0.2, 0.25) is 5.78 Å². The molecule has 0 saturated carbocycles. The second kappa shape index (κ2) is 8.05. The zero-order chi connectivity index (χ0) is 21.3. The summed E-state index contributed by atoms with van der Waals surface area (Å²) in [4.78, 5) is 25.2. The molecule has 0 radical (unpaired) electrons. The third-order valence-electron chi connectivity index (χ3n) is 4.63. The number of Topliss-reactive ketones (excluding diaryl/α,β-unsaturated/α-hetero) is 1. The van der Waals surface area contributed by atoms with Crippen molar-refractivity contribution in [1.82, 2.24) is 0 Å². The van der Waals surface area contributed by atoms with E-state index in [1.165, 1.54) is 0 Å². The summed E-state index contributed by atoms with van der Waals surface area (Å²) < 4.78 is 16.5. The summed E-state index contributed by atoms with van der Waals surface area (Å²) >= 11 is 5.85. The largest absolute Gasteiger partial charge is 0.497 e. The number of allylic oxidation sites excluding steroid dienone is 1. The average molecular weight is 421 g/mol. The number of halogens is 1. The topological polar surface area (TPSA) is 61.8 Å². The summed E-state index contributed by atoms with van der Waals surface area (Å²) in [5.74, 6) is 0.778. The molecular formula is C24H17ClO5. The minimum absolute atomic E-state index is 0.197. The highest BCUT2D eigenvalue weighted by atomic mass is 35.5. The van der Waals surface area contributed by atoms with Crippen molar-refractivity contribution in [3.8, 4) is 17.2 Å². The molecule has 4 rings (SSSR count). The number of methoxy groups -OCH3 is 1. The first-order chi connectivity index (χ1) is 14.4. The van der Waals surface area contributed by atoms with Crippen LogP contribution in [0.1, 0.15) is 31.8 Å². The lowest BCUT2D eigenvalue weighted by molar-refractivity contribution is 0.0734. The zero-order valence-electron chi connectivity index (χ0n) is 16.3. The van der Waals surface area contributed by atoms with Gasteiger partial charge in [0.1, 0.15) is 17.2 Å². The van der Waals surface area contributed by atoms with Crippen molar-refractivity contribution in [3.05, 3.63) is 93.7 Å². The van der Waals surface area contributed by atoms with Gasteiger partial charge >= 0.3 is 5.97 Å². The molecule has 0 spiro atoms. The molecule has 0 atom stereocenters. The number of carbonyl (C=O) groups excluding carboxylic acids is 2. The normalized spacial score (nSPS) is 13.7.